The quantitative estimate of drug-likeness (QED) is 0.497. The molecule has 0 spiro atoms. The van der Waals surface area contributed by atoms with E-state index in [1.807, 2.05) is 0 Å². The molecule has 0 aliphatic heterocycles. The smallest absolute Gasteiger partial charge is 0.303 e. The van der Waals surface area contributed by atoms with Crippen molar-refractivity contribution in [3.63, 3.8) is 0 Å². The first-order valence-corrected chi connectivity index (χ1v) is 13.0. The Balaban J connectivity index is 1.43. The van der Waals surface area contributed by atoms with Crippen LogP contribution < -0.4 is 0 Å². The molecule has 4 aliphatic carbocycles. The number of carboxylic acids is 1. The van der Waals surface area contributed by atoms with E-state index in [1.54, 1.807) is 0 Å². The number of rotatable bonds is 6. The monoisotopic (exact) mass is 402 g/mol. The van der Waals surface area contributed by atoms with Gasteiger partial charge in [0.05, 0.1) is 0 Å². The van der Waals surface area contributed by atoms with Crippen LogP contribution in [0.25, 0.3) is 0 Å². The van der Waals surface area contributed by atoms with Gasteiger partial charge in [-0.05, 0) is 110 Å². The first-order chi connectivity index (χ1) is 13.8. The van der Waals surface area contributed by atoms with Crippen LogP contribution in [0.5, 0.6) is 0 Å². The molecule has 4 saturated carbocycles. The molecular formula is C27H46O2. The number of aliphatic carboxylic acids is 1. The van der Waals surface area contributed by atoms with Gasteiger partial charge in [-0.2, -0.15) is 0 Å². The Morgan fingerprint density at radius 3 is 2.41 bits per heavy atom. The molecule has 166 valence electrons. The molecule has 0 amide bonds. The highest BCUT2D eigenvalue weighted by molar-refractivity contribution is 5.66. The molecule has 0 bridgehead atoms. The van der Waals surface area contributed by atoms with Crippen molar-refractivity contribution in [2.24, 2.45) is 52.3 Å². The highest BCUT2D eigenvalue weighted by Gasteiger charge is 2.60. The lowest BCUT2D eigenvalue weighted by Crippen LogP contribution is -2.53. The normalized spacial score (nSPS) is 46.3. The van der Waals surface area contributed by atoms with Crippen LogP contribution >= 0.6 is 0 Å². The molecule has 0 radical (unpaired) electrons. The molecule has 0 unspecified atom stereocenters. The van der Waals surface area contributed by atoms with Gasteiger partial charge in [-0.15, -0.1) is 0 Å². The molecule has 4 aliphatic rings. The molecule has 0 aromatic rings. The van der Waals surface area contributed by atoms with Crippen molar-refractivity contribution < 1.29 is 9.90 Å². The molecular weight excluding hydrogens is 356 g/mol. The van der Waals surface area contributed by atoms with Gasteiger partial charge >= 0.3 is 5.97 Å². The van der Waals surface area contributed by atoms with Crippen LogP contribution in [0.3, 0.4) is 0 Å². The van der Waals surface area contributed by atoms with E-state index in [1.165, 1.54) is 70.6 Å². The largest absolute Gasteiger partial charge is 0.481 e. The summed E-state index contributed by atoms with van der Waals surface area (Å²) < 4.78 is 0. The Morgan fingerprint density at radius 2 is 1.66 bits per heavy atom. The van der Waals surface area contributed by atoms with Crippen LogP contribution in [-0.4, -0.2) is 11.1 Å². The summed E-state index contributed by atoms with van der Waals surface area (Å²) in [5.41, 5.74) is 1.20. The lowest BCUT2D eigenvalue weighted by molar-refractivity contribution is -0.138. The van der Waals surface area contributed by atoms with Gasteiger partial charge in [-0.25, -0.2) is 0 Å². The van der Waals surface area contributed by atoms with Gasteiger partial charge in [0.2, 0.25) is 0 Å². The molecule has 0 heterocycles. The highest BCUT2D eigenvalue weighted by Crippen LogP contribution is 2.68. The molecule has 29 heavy (non-hydrogen) atoms. The number of fused-ring (bicyclic) bond motifs is 5. The fourth-order valence-corrected chi connectivity index (χ4v) is 9.42. The third-order valence-corrected chi connectivity index (χ3v) is 11.0. The van der Waals surface area contributed by atoms with Crippen molar-refractivity contribution in [2.75, 3.05) is 0 Å². The Kier molecular flexibility index (Phi) is 6.13. The molecule has 2 nitrogen and oxygen atoms in total. The highest BCUT2D eigenvalue weighted by atomic mass is 16.4. The van der Waals surface area contributed by atoms with Crippen LogP contribution in [0.15, 0.2) is 0 Å². The van der Waals surface area contributed by atoms with E-state index in [-0.39, 0.29) is 0 Å². The van der Waals surface area contributed by atoms with Crippen molar-refractivity contribution >= 4 is 5.97 Å². The van der Waals surface area contributed by atoms with Crippen molar-refractivity contribution in [1.29, 1.82) is 0 Å². The summed E-state index contributed by atoms with van der Waals surface area (Å²) in [5, 5.41) is 9.07. The predicted octanol–water partition coefficient (Wildman–Crippen LogP) is 7.56. The molecule has 2 heteroatoms. The molecule has 0 aromatic carbocycles. The third kappa shape index (κ3) is 3.80. The topological polar surface area (TPSA) is 37.3 Å². The SMILES string of the molecule is C[C@@H](CC[C@@H](C)[C@H]1CC[C@H]2[C@@H]3CC[C@@H]4CCCC[C@]4(C)[C@H]3CC[C@]12C)CC(=O)O. The maximum Gasteiger partial charge on any atom is 0.303 e. The average Bonchev–Trinajstić information content (AvgIpc) is 3.02. The van der Waals surface area contributed by atoms with Crippen molar-refractivity contribution in [3.05, 3.63) is 0 Å². The molecule has 1 N–H and O–H groups in total. The maximum absolute atomic E-state index is 11.0. The number of carboxylic acid groups (broad SMARTS) is 1. The van der Waals surface area contributed by atoms with Gasteiger partial charge in [0.25, 0.3) is 0 Å². The minimum absolute atomic E-state index is 0.317. The Morgan fingerprint density at radius 1 is 0.897 bits per heavy atom. The second-order valence-electron chi connectivity index (χ2n) is 12.4. The summed E-state index contributed by atoms with van der Waals surface area (Å²) >= 11 is 0. The first kappa shape index (κ1) is 21.7. The number of carbonyl (C=O) groups is 1. The average molecular weight is 403 g/mol. The molecule has 9 atom stereocenters. The fraction of sp³-hybridized carbons (Fsp3) is 0.963. The predicted molar refractivity (Wildman–Crippen MR) is 120 cm³/mol. The van der Waals surface area contributed by atoms with E-state index in [0.717, 1.165) is 41.9 Å². The summed E-state index contributed by atoms with van der Waals surface area (Å²) in [6.45, 7) is 9.96. The second-order valence-corrected chi connectivity index (χ2v) is 12.4. The Labute approximate surface area is 179 Å². The zero-order valence-corrected chi connectivity index (χ0v) is 19.6. The van der Waals surface area contributed by atoms with Gasteiger partial charge in [0.1, 0.15) is 0 Å². The number of hydrogen-bond donors (Lipinski definition) is 1. The van der Waals surface area contributed by atoms with Crippen molar-refractivity contribution in [1.82, 2.24) is 0 Å². The lowest BCUT2D eigenvalue weighted by atomic mass is 9.44. The molecule has 4 fully saturated rings. The van der Waals surface area contributed by atoms with Gasteiger partial charge in [-0.3, -0.25) is 4.79 Å². The minimum atomic E-state index is -0.636. The van der Waals surface area contributed by atoms with Gasteiger partial charge < -0.3 is 5.11 Å². The standard InChI is InChI=1S/C27H46O2/c1-18(17-25(28)29)8-9-19(2)22-12-13-23-21-11-10-20-7-5-6-15-26(20,3)24(21)14-16-27(22,23)4/h18-24H,5-17H2,1-4H3,(H,28,29)/t18-,19+,20-,21-,22+,23-,24-,26-,27+/m0/s1. The van der Waals surface area contributed by atoms with Crippen molar-refractivity contribution in [2.45, 2.75) is 111 Å². The van der Waals surface area contributed by atoms with E-state index in [4.69, 9.17) is 5.11 Å². The number of hydrogen-bond acceptors (Lipinski definition) is 1. The summed E-state index contributed by atoms with van der Waals surface area (Å²) in [6.07, 6.45) is 17.5. The summed E-state index contributed by atoms with van der Waals surface area (Å²) in [7, 11) is 0. The van der Waals surface area contributed by atoms with E-state index in [2.05, 4.69) is 27.7 Å². The summed E-state index contributed by atoms with van der Waals surface area (Å²) in [4.78, 5) is 11.0. The lowest BCUT2D eigenvalue weighted by Gasteiger charge is -2.61. The molecule has 0 aromatic heterocycles. The van der Waals surface area contributed by atoms with Crippen LogP contribution in [0.1, 0.15) is 111 Å². The van der Waals surface area contributed by atoms with E-state index in [0.29, 0.717) is 23.2 Å². The third-order valence-electron chi connectivity index (χ3n) is 11.0. The van der Waals surface area contributed by atoms with Crippen molar-refractivity contribution in [3.8, 4) is 0 Å². The van der Waals surface area contributed by atoms with E-state index >= 15 is 0 Å². The maximum atomic E-state index is 11.0. The van der Waals surface area contributed by atoms with E-state index < -0.39 is 5.97 Å². The van der Waals surface area contributed by atoms with Gasteiger partial charge in [0, 0.05) is 6.42 Å². The summed E-state index contributed by atoms with van der Waals surface area (Å²) in [6, 6.07) is 0. The van der Waals surface area contributed by atoms with Crippen LogP contribution in [-0.2, 0) is 4.79 Å². The Bertz CT molecular complexity index is 599. The van der Waals surface area contributed by atoms with Crippen LogP contribution in [0, 0.1) is 52.3 Å². The zero-order chi connectivity index (χ0) is 20.8. The van der Waals surface area contributed by atoms with Gasteiger partial charge in [0.15, 0.2) is 0 Å². The summed E-state index contributed by atoms with van der Waals surface area (Å²) in [5.74, 6) is 5.28. The second kappa shape index (κ2) is 8.19. The Hall–Kier alpha value is -0.530. The molecule has 0 saturated heterocycles. The van der Waals surface area contributed by atoms with E-state index in [9.17, 15) is 4.79 Å². The minimum Gasteiger partial charge on any atom is -0.481 e. The van der Waals surface area contributed by atoms with Crippen LogP contribution in [0.2, 0.25) is 0 Å². The zero-order valence-electron chi connectivity index (χ0n) is 19.6. The fourth-order valence-electron chi connectivity index (χ4n) is 9.42. The van der Waals surface area contributed by atoms with Gasteiger partial charge in [-0.1, -0.05) is 47.0 Å². The molecule has 4 rings (SSSR count). The van der Waals surface area contributed by atoms with Crippen LogP contribution in [0.4, 0.5) is 0 Å². The first-order valence-electron chi connectivity index (χ1n) is 13.0.